The number of amidine groups is 1. The maximum absolute atomic E-state index is 13.1. The van der Waals surface area contributed by atoms with Gasteiger partial charge in [0.1, 0.15) is 17.5 Å². The van der Waals surface area contributed by atoms with Crippen LogP contribution in [0.15, 0.2) is 29.3 Å². The Morgan fingerprint density at radius 3 is 2.63 bits per heavy atom. The largest absolute Gasteiger partial charge is 0.362 e. The van der Waals surface area contributed by atoms with Crippen LogP contribution in [0.5, 0.6) is 0 Å². The van der Waals surface area contributed by atoms with Crippen LogP contribution >= 0.6 is 11.8 Å². The molecule has 2 bridgehead atoms. The topological polar surface area (TPSA) is 53.9 Å². The third kappa shape index (κ3) is 3.98. The van der Waals surface area contributed by atoms with Gasteiger partial charge in [-0.3, -0.25) is 4.79 Å². The molecule has 1 saturated heterocycles. The Labute approximate surface area is 181 Å². The molecule has 4 atom stereocenters. The first-order valence-corrected chi connectivity index (χ1v) is 12.0. The normalized spacial score (nSPS) is 34.1. The number of nitrogens with zero attached hydrogens (tertiary/aromatic N) is 2. The number of nitrogens with one attached hydrogen (secondary N) is 1. The van der Waals surface area contributed by atoms with Gasteiger partial charge in [0.25, 0.3) is 5.91 Å². The summed E-state index contributed by atoms with van der Waals surface area (Å²) < 4.78 is 19.3. The average molecular weight is 432 g/mol. The Morgan fingerprint density at radius 2 is 1.97 bits per heavy atom. The minimum Gasteiger partial charge on any atom is -0.362 e. The first-order valence-electron chi connectivity index (χ1n) is 11.2. The molecule has 3 fully saturated rings. The molecule has 7 heteroatoms. The highest BCUT2D eigenvalue weighted by Gasteiger charge is 2.44. The molecule has 0 radical (unpaired) electrons. The predicted molar refractivity (Wildman–Crippen MR) is 117 cm³/mol. The fourth-order valence-electron chi connectivity index (χ4n) is 5.71. The minimum absolute atomic E-state index is 0.0176. The van der Waals surface area contributed by atoms with Crippen LogP contribution in [0.1, 0.15) is 55.8 Å². The zero-order valence-corrected chi connectivity index (χ0v) is 18.3. The van der Waals surface area contributed by atoms with Crippen molar-refractivity contribution in [1.82, 2.24) is 10.2 Å². The lowest BCUT2D eigenvalue weighted by molar-refractivity contribution is -0.0201. The van der Waals surface area contributed by atoms with Crippen LogP contribution in [0.2, 0.25) is 0 Å². The van der Waals surface area contributed by atoms with Gasteiger partial charge in [0, 0.05) is 30.6 Å². The molecular weight excluding hydrogens is 401 g/mol. The van der Waals surface area contributed by atoms with Crippen LogP contribution in [0, 0.1) is 23.6 Å². The molecule has 5 nitrogen and oxygen atoms in total. The van der Waals surface area contributed by atoms with Crippen LogP contribution < -0.4 is 5.32 Å². The average Bonchev–Trinajstić information content (AvgIpc) is 3.37. The van der Waals surface area contributed by atoms with Crippen molar-refractivity contribution in [2.45, 2.75) is 56.4 Å². The van der Waals surface area contributed by atoms with Crippen LogP contribution in [0.3, 0.4) is 0 Å². The number of hydrogen-bond acceptors (Lipinski definition) is 5. The van der Waals surface area contributed by atoms with Crippen LogP contribution in [-0.2, 0) is 4.74 Å². The van der Waals surface area contributed by atoms with E-state index in [0.29, 0.717) is 37.3 Å². The Morgan fingerprint density at radius 1 is 1.20 bits per heavy atom. The summed E-state index contributed by atoms with van der Waals surface area (Å²) in [5.41, 5.74) is 0.550. The van der Waals surface area contributed by atoms with Crippen LogP contribution in [0.25, 0.3) is 0 Å². The lowest BCUT2D eigenvalue weighted by Gasteiger charge is -2.43. The van der Waals surface area contributed by atoms with Crippen molar-refractivity contribution in [2.75, 3.05) is 19.8 Å². The number of halogens is 1. The standard InChI is InChI=1S/C23H30FN3O2S/c1-23(29-14-25-22(30-23)26-20-13-15-2-3-17(20)12-15)18-8-10-27(11-9-18)21(28)16-4-6-19(24)7-5-16/h4-7,15,17-18,20H,2-3,8-14H2,1H3,(H,25,26)/t15-,17+,20+,23?/m1/s1. The van der Waals surface area contributed by atoms with Crippen LogP contribution in [-0.4, -0.2) is 46.8 Å². The van der Waals surface area contributed by atoms with Gasteiger partial charge in [-0.2, -0.15) is 0 Å². The minimum atomic E-state index is -0.318. The molecule has 1 N–H and O–H groups in total. The molecule has 0 spiro atoms. The quantitative estimate of drug-likeness (QED) is 0.777. The predicted octanol–water partition coefficient (Wildman–Crippen LogP) is 4.25. The maximum Gasteiger partial charge on any atom is 0.253 e. The summed E-state index contributed by atoms with van der Waals surface area (Å²) in [5, 5.41) is 4.77. The second kappa shape index (κ2) is 8.15. The second-order valence-electron chi connectivity index (χ2n) is 9.35. The monoisotopic (exact) mass is 431 g/mol. The Balaban J connectivity index is 1.17. The molecule has 2 heterocycles. The highest BCUT2D eigenvalue weighted by Crippen LogP contribution is 2.46. The van der Waals surface area contributed by atoms with Gasteiger partial charge in [-0.1, -0.05) is 18.2 Å². The lowest BCUT2D eigenvalue weighted by atomic mass is 9.91. The Hall–Kier alpha value is -1.60. The molecule has 1 aromatic carbocycles. The molecular formula is C23H30FN3O2S. The molecule has 2 aliphatic heterocycles. The number of thioether (sulfide) groups is 1. The van der Waals surface area contributed by atoms with E-state index in [2.05, 4.69) is 17.2 Å². The third-order valence-electron chi connectivity index (χ3n) is 7.52. The number of aliphatic imine (C=N–C) groups is 1. The first kappa shape index (κ1) is 20.3. The Kier molecular flexibility index (Phi) is 5.52. The second-order valence-corrected chi connectivity index (χ2v) is 10.8. The summed E-state index contributed by atoms with van der Waals surface area (Å²) in [6.45, 7) is 3.98. The molecule has 1 aromatic rings. The summed E-state index contributed by atoms with van der Waals surface area (Å²) in [7, 11) is 0. The summed E-state index contributed by atoms with van der Waals surface area (Å²) in [5.74, 6) is 1.75. The molecule has 5 rings (SSSR count). The molecule has 2 aliphatic carbocycles. The van der Waals surface area contributed by atoms with Gasteiger partial charge in [0.2, 0.25) is 0 Å². The van der Waals surface area contributed by atoms with Crippen molar-refractivity contribution in [1.29, 1.82) is 0 Å². The smallest absolute Gasteiger partial charge is 0.253 e. The fourth-order valence-corrected chi connectivity index (χ4v) is 6.94. The zero-order chi connectivity index (χ0) is 20.7. The van der Waals surface area contributed by atoms with E-state index < -0.39 is 0 Å². The molecule has 2 saturated carbocycles. The van der Waals surface area contributed by atoms with Gasteiger partial charge in [-0.15, -0.1) is 0 Å². The molecule has 162 valence electrons. The van der Waals surface area contributed by atoms with Gasteiger partial charge in [-0.25, -0.2) is 9.38 Å². The summed E-state index contributed by atoms with van der Waals surface area (Å²) >= 11 is 1.73. The number of hydrogen-bond donors (Lipinski definition) is 1. The van der Waals surface area contributed by atoms with Crippen molar-refractivity contribution in [2.24, 2.45) is 22.7 Å². The first-order chi connectivity index (χ1) is 14.5. The van der Waals surface area contributed by atoms with E-state index in [1.807, 2.05) is 4.90 Å². The number of likely N-dealkylation sites (tertiary alicyclic amines) is 1. The number of carbonyl (C=O) groups excluding carboxylic acids is 1. The van der Waals surface area contributed by atoms with Crippen molar-refractivity contribution < 1.29 is 13.9 Å². The van der Waals surface area contributed by atoms with Gasteiger partial charge >= 0.3 is 0 Å². The molecule has 30 heavy (non-hydrogen) atoms. The lowest BCUT2D eigenvalue weighted by Crippen LogP contribution is -2.49. The van der Waals surface area contributed by atoms with Crippen molar-refractivity contribution in [3.05, 3.63) is 35.6 Å². The number of carbonyl (C=O) groups is 1. The van der Waals surface area contributed by atoms with E-state index in [4.69, 9.17) is 4.74 Å². The summed E-state index contributed by atoms with van der Waals surface area (Å²) in [6.07, 6.45) is 7.22. The summed E-state index contributed by atoms with van der Waals surface area (Å²) in [4.78, 5) is 18.9. The van der Waals surface area contributed by atoms with E-state index in [1.165, 1.54) is 37.8 Å². The maximum atomic E-state index is 13.1. The number of amides is 1. The van der Waals surface area contributed by atoms with Gasteiger partial charge in [-0.05, 0) is 75.1 Å². The van der Waals surface area contributed by atoms with Crippen molar-refractivity contribution >= 4 is 22.8 Å². The number of fused-ring (bicyclic) bond motifs is 2. The molecule has 4 aliphatic rings. The highest BCUT2D eigenvalue weighted by atomic mass is 32.2. The van der Waals surface area contributed by atoms with Gasteiger partial charge < -0.3 is 15.0 Å². The molecule has 1 amide bonds. The van der Waals surface area contributed by atoms with Crippen LogP contribution in [0.4, 0.5) is 4.39 Å². The third-order valence-corrected chi connectivity index (χ3v) is 8.82. The number of benzene rings is 1. The number of ether oxygens (including phenoxy) is 1. The van der Waals surface area contributed by atoms with E-state index in [-0.39, 0.29) is 16.7 Å². The molecule has 0 aromatic heterocycles. The summed E-state index contributed by atoms with van der Waals surface area (Å²) in [6, 6.07) is 6.40. The van der Waals surface area contributed by atoms with E-state index in [1.54, 1.807) is 23.9 Å². The number of piperidine rings is 1. The fraction of sp³-hybridized carbons (Fsp3) is 0.652. The highest BCUT2D eigenvalue weighted by molar-refractivity contribution is 8.14. The SMILES string of the molecule is CC1(C2CCN(C(=O)c3ccc(F)cc3)CC2)OCN=C(N[C@H]2C[C@@H]3CC[C@H]2C3)S1. The van der Waals surface area contributed by atoms with Gasteiger partial charge in [0.05, 0.1) is 0 Å². The Bertz CT molecular complexity index is 824. The van der Waals surface area contributed by atoms with Gasteiger partial charge in [0.15, 0.2) is 5.17 Å². The van der Waals surface area contributed by atoms with Crippen molar-refractivity contribution in [3.8, 4) is 0 Å². The molecule has 1 unspecified atom stereocenters. The number of rotatable bonds is 3. The van der Waals surface area contributed by atoms with E-state index in [0.717, 1.165) is 29.8 Å². The van der Waals surface area contributed by atoms with E-state index >= 15 is 0 Å². The zero-order valence-electron chi connectivity index (χ0n) is 17.5. The van der Waals surface area contributed by atoms with Crippen molar-refractivity contribution in [3.63, 3.8) is 0 Å². The van der Waals surface area contributed by atoms with E-state index in [9.17, 15) is 9.18 Å².